The summed E-state index contributed by atoms with van der Waals surface area (Å²) < 4.78 is 18.6. The third kappa shape index (κ3) is 2.84. The summed E-state index contributed by atoms with van der Waals surface area (Å²) in [5.74, 6) is 0.950. The lowest BCUT2D eigenvalue weighted by atomic mass is 10.2. The molecule has 0 amide bonds. The van der Waals surface area contributed by atoms with Crippen molar-refractivity contribution in [3.63, 3.8) is 0 Å². The number of pyridine rings is 1. The van der Waals surface area contributed by atoms with Crippen LogP contribution in [0.3, 0.4) is 0 Å². The van der Waals surface area contributed by atoms with Crippen LogP contribution in [0.1, 0.15) is 24.2 Å². The van der Waals surface area contributed by atoms with Gasteiger partial charge >= 0.3 is 0 Å². The van der Waals surface area contributed by atoms with Gasteiger partial charge in [-0.3, -0.25) is 4.98 Å². The van der Waals surface area contributed by atoms with E-state index in [4.69, 9.17) is 10.5 Å². The maximum absolute atomic E-state index is 12.9. The number of nitrogens with two attached hydrogens (primary N) is 1. The Morgan fingerprint density at radius 2 is 2.06 bits per heavy atom. The summed E-state index contributed by atoms with van der Waals surface area (Å²) in [6, 6.07) is 7.91. The molecule has 1 aromatic carbocycles. The Bertz CT molecular complexity index is 538. The van der Waals surface area contributed by atoms with Gasteiger partial charge in [-0.25, -0.2) is 4.39 Å². The van der Waals surface area contributed by atoms with Crippen LogP contribution in [-0.4, -0.2) is 4.98 Å². The van der Waals surface area contributed by atoms with E-state index in [0.29, 0.717) is 11.5 Å². The average Bonchev–Trinajstić information content (AvgIpc) is 2.33. The molecule has 1 aromatic heterocycles. The zero-order chi connectivity index (χ0) is 13.1. The SMILES string of the molecule is Cc1cc(F)ccc1Oc1ccc([C@H](C)N)nc1. The molecule has 0 fully saturated rings. The maximum atomic E-state index is 12.9. The van der Waals surface area contributed by atoms with Gasteiger partial charge in [-0.2, -0.15) is 0 Å². The molecule has 0 radical (unpaired) electrons. The number of aryl methyl sites for hydroxylation is 1. The smallest absolute Gasteiger partial charge is 0.145 e. The number of halogens is 1. The number of rotatable bonds is 3. The Morgan fingerprint density at radius 3 is 2.61 bits per heavy atom. The minimum absolute atomic E-state index is 0.105. The second-order valence-electron chi connectivity index (χ2n) is 4.22. The third-order valence-electron chi connectivity index (χ3n) is 2.59. The van der Waals surface area contributed by atoms with E-state index in [1.165, 1.54) is 12.1 Å². The highest BCUT2D eigenvalue weighted by Gasteiger charge is 2.05. The van der Waals surface area contributed by atoms with Gasteiger partial charge in [0.1, 0.15) is 17.3 Å². The fourth-order valence-corrected chi connectivity index (χ4v) is 1.58. The van der Waals surface area contributed by atoms with Crippen molar-refractivity contribution in [3.8, 4) is 11.5 Å². The molecule has 1 heterocycles. The van der Waals surface area contributed by atoms with Crippen LogP contribution in [0.5, 0.6) is 11.5 Å². The van der Waals surface area contributed by atoms with Gasteiger partial charge in [0.15, 0.2) is 0 Å². The summed E-state index contributed by atoms with van der Waals surface area (Å²) >= 11 is 0. The van der Waals surface area contributed by atoms with E-state index in [1.54, 1.807) is 25.3 Å². The van der Waals surface area contributed by atoms with Crippen molar-refractivity contribution in [2.24, 2.45) is 5.73 Å². The van der Waals surface area contributed by atoms with Gasteiger partial charge in [0.25, 0.3) is 0 Å². The lowest BCUT2D eigenvalue weighted by Gasteiger charge is -2.09. The fourth-order valence-electron chi connectivity index (χ4n) is 1.58. The topological polar surface area (TPSA) is 48.1 Å². The minimum Gasteiger partial charge on any atom is -0.455 e. The minimum atomic E-state index is -0.273. The van der Waals surface area contributed by atoms with Crippen molar-refractivity contribution in [2.75, 3.05) is 0 Å². The Morgan fingerprint density at radius 1 is 1.28 bits per heavy atom. The summed E-state index contributed by atoms with van der Waals surface area (Å²) in [6.07, 6.45) is 1.61. The van der Waals surface area contributed by atoms with Crippen LogP contribution in [0.15, 0.2) is 36.5 Å². The zero-order valence-electron chi connectivity index (χ0n) is 10.4. The average molecular weight is 246 g/mol. The first-order chi connectivity index (χ1) is 8.56. The van der Waals surface area contributed by atoms with Crippen LogP contribution in [0.25, 0.3) is 0 Å². The lowest BCUT2D eigenvalue weighted by molar-refractivity contribution is 0.473. The molecule has 94 valence electrons. The largest absolute Gasteiger partial charge is 0.455 e. The predicted molar refractivity (Wildman–Crippen MR) is 68.1 cm³/mol. The van der Waals surface area contributed by atoms with Gasteiger partial charge in [0, 0.05) is 6.04 Å². The van der Waals surface area contributed by atoms with Crippen LogP contribution >= 0.6 is 0 Å². The van der Waals surface area contributed by atoms with Crippen LogP contribution in [0, 0.1) is 12.7 Å². The molecule has 18 heavy (non-hydrogen) atoms. The van der Waals surface area contributed by atoms with E-state index in [9.17, 15) is 4.39 Å². The highest BCUT2D eigenvalue weighted by Crippen LogP contribution is 2.25. The molecule has 0 aliphatic heterocycles. The van der Waals surface area contributed by atoms with Crippen LogP contribution in [0.4, 0.5) is 4.39 Å². The summed E-state index contributed by atoms with van der Waals surface area (Å²) in [5.41, 5.74) is 7.26. The van der Waals surface area contributed by atoms with Gasteiger partial charge in [-0.15, -0.1) is 0 Å². The first-order valence-electron chi connectivity index (χ1n) is 5.72. The summed E-state index contributed by atoms with van der Waals surface area (Å²) in [7, 11) is 0. The molecular weight excluding hydrogens is 231 g/mol. The number of benzene rings is 1. The summed E-state index contributed by atoms with van der Waals surface area (Å²) in [4.78, 5) is 4.20. The van der Waals surface area contributed by atoms with E-state index in [1.807, 2.05) is 13.0 Å². The molecule has 0 bridgehead atoms. The van der Waals surface area contributed by atoms with Crippen molar-refractivity contribution < 1.29 is 9.13 Å². The van der Waals surface area contributed by atoms with E-state index in [2.05, 4.69) is 4.98 Å². The second kappa shape index (κ2) is 5.14. The van der Waals surface area contributed by atoms with Gasteiger partial charge in [-0.1, -0.05) is 0 Å². The van der Waals surface area contributed by atoms with E-state index < -0.39 is 0 Å². The molecule has 2 N–H and O–H groups in total. The van der Waals surface area contributed by atoms with Crippen molar-refractivity contribution >= 4 is 0 Å². The molecular formula is C14H15FN2O. The normalized spacial score (nSPS) is 12.2. The molecule has 0 aliphatic rings. The van der Waals surface area contributed by atoms with Crippen LogP contribution < -0.4 is 10.5 Å². The van der Waals surface area contributed by atoms with Crippen molar-refractivity contribution in [3.05, 3.63) is 53.6 Å². The maximum Gasteiger partial charge on any atom is 0.145 e. The molecule has 0 spiro atoms. The molecule has 2 aromatic rings. The third-order valence-corrected chi connectivity index (χ3v) is 2.59. The Balaban J connectivity index is 2.18. The first-order valence-corrected chi connectivity index (χ1v) is 5.72. The lowest BCUT2D eigenvalue weighted by Crippen LogP contribution is -2.06. The monoisotopic (exact) mass is 246 g/mol. The highest BCUT2D eigenvalue weighted by molar-refractivity contribution is 5.36. The number of hydrogen-bond donors (Lipinski definition) is 1. The Hall–Kier alpha value is -1.94. The highest BCUT2D eigenvalue weighted by atomic mass is 19.1. The van der Waals surface area contributed by atoms with Gasteiger partial charge < -0.3 is 10.5 Å². The quantitative estimate of drug-likeness (QED) is 0.903. The summed E-state index contributed by atoms with van der Waals surface area (Å²) in [5, 5.41) is 0. The second-order valence-corrected chi connectivity index (χ2v) is 4.22. The number of aromatic nitrogens is 1. The summed E-state index contributed by atoms with van der Waals surface area (Å²) in [6.45, 7) is 3.66. The van der Waals surface area contributed by atoms with Crippen molar-refractivity contribution in [1.29, 1.82) is 0 Å². The van der Waals surface area contributed by atoms with E-state index >= 15 is 0 Å². The van der Waals surface area contributed by atoms with E-state index in [0.717, 1.165) is 11.3 Å². The Kier molecular flexibility index (Phi) is 3.58. The molecule has 0 saturated heterocycles. The van der Waals surface area contributed by atoms with Crippen molar-refractivity contribution in [1.82, 2.24) is 4.98 Å². The predicted octanol–water partition coefficient (Wildman–Crippen LogP) is 3.34. The number of hydrogen-bond acceptors (Lipinski definition) is 3. The van der Waals surface area contributed by atoms with Gasteiger partial charge in [-0.05, 0) is 49.7 Å². The Labute approximate surface area is 105 Å². The first kappa shape index (κ1) is 12.5. The van der Waals surface area contributed by atoms with Crippen molar-refractivity contribution in [2.45, 2.75) is 19.9 Å². The van der Waals surface area contributed by atoms with Crippen LogP contribution in [-0.2, 0) is 0 Å². The van der Waals surface area contributed by atoms with Gasteiger partial charge in [0.2, 0.25) is 0 Å². The molecule has 1 atom stereocenters. The van der Waals surface area contributed by atoms with Crippen LogP contribution in [0.2, 0.25) is 0 Å². The molecule has 0 aliphatic carbocycles. The zero-order valence-corrected chi connectivity index (χ0v) is 10.4. The molecule has 0 unspecified atom stereocenters. The standard InChI is InChI=1S/C14H15FN2O/c1-9-7-11(15)3-6-14(9)18-12-4-5-13(10(2)16)17-8-12/h3-8,10H,16H2,1-2H3/t10-/m0/s1. The van der Waals surface area contributed by atoms with Gasteiger partial charge in [0.05, 0.1) is 11.9 Å². The molecule has 4 heteroatoms. The molecule has 3 nitrogen and oxygen atoms in total. The number of ether oxygens (including phenoxy) is 1. The van der Waals surface area contributed by atoms with E-state index in [-0.39, 0.29) is 11.9 Å². The molecule has 2 rings (SSSR count). The molecule has 0 saturated carbocycles. The number of nitrogens with zero attached hydrogens (tertiary/aromatic N) is 1. The fraction of sp³-hybridized carbons (Fsp3) is 0.214.